The Morgan fingerprint density at radius 2 is 1.70 bits per heavy atom. The normalized spacial score (nSPS) is 13.2. The first kappa shape index (κ1) is 28.0. The molecule has 2 N–H and O–H groups in total. The molecule has 1 rings (SSSR count). The summed E-state index contributed by atoms with van der Waals surface area (Å²) < 4.78 is 5.34. The van der Waals surface area contributed by atoms with Crippen molar-refractivity contribution in [2.24, 2.45) is 5.92 Å². The van der Waals surface area contributed by atoms with Crippen LogP contribution in [0.15, 0.2) is 18.2 Å². The molecule has 2 unspecified atom stereocenters. The Balaban J connectivity index is 3.43. The van der Waals surface area contributed by atoms with Gasteiger partial charge in [0.2, 0.25) is 5.91 Å². The molecular formula is C26H39N3O4. The van der Waals surface area contributed by atoms with Crippen molar-refractivity contribution in [2.75, 3.05) is 0 Å². The summed E-state index contributed by atoms with van der Waals surface area (Å²) in [6, 6.07) is 5.89. The van der Waals surface area contributed by atoms with E-state index in [9.17, 15) is 14.4 Å². The van der Waals surface area contributed by atoms with Gasteiger partial charge in [0.1, 0.15) is 17.7 Å². The van der Waals surface area contributed by atoms with Crippen molar-refractivity contribution in [3.05, 3.63) is 34.9 Å². The number of benzene rings is 1. The van der Waals surface area contributed by atoms with Gasteiger partial charge in [0, 0.05) is 12.1 Å². The van der Waals surface area contributed by atoms with E-state index in [2.05, 4.69) is 16.7 Å². The first-order chi connectivity index (χ1) is 15.2. The van der Waals surface area contributed by atoms with E-state index in [1.54, 1.807) is 20.8 Å². The molecular weight excluding hydrogens is 418 g/mol. The molecule has 0 aliphatic rings. The number of hydrogen-bond donors (Lipinski definition) is 2. The number of terminal acetylenes is 1. The molecule has 0 saturated heterocycles. The van der Waals surface area contributed by atoms with Crippen LogP contribution in [-0.4, -0.2) is 40.5 Å². The van der Waals surface area contributed by atoms with Crippen LogP contribution in [-0.2, 0) is 14.3 Å². The quantitative estimate of drug-likeness (QED) is 0.452. The van der Waals surface area contributed by atoms with Gasteiger partial charge in [-0.05, 0) is 71.9 Å². The monoisotopic (exact) mass is 457 g/mol. The van der Waals surface area contributed by atoms with Gasteiger partial charge in [-0.2, -0.15) is 0 Å². The molecule has 1 aromatic carbocycles. The van der Waals surface area contributed by atoms with Crippen LogP contribution in [0.25, 0.3) is 0 Å². The lowest BCUT2D eigenvalue weighted by molar-refractivity contribution is -0.139. The van der Waals surface area contributed by atoms with E-state index in [0.29, 0.717) is 12.0 Å². The SMILES string of the molecule is C#CN(C(=O)C(CC(C)C)NC(=O)OC(C)(C)C)C(C(=O)NC(C)C)c1ccc(C)cc1C. The third-order valence-electron chi connectivity index (χ3n) is 4.73. The molecule has 2 atom stereocenters. The van der Waals surface area contributed by atoms with Crippen LogP contribution < -0.4 is 10.6 Å². The average molecular weight is 458 g/mol. The Morgan fingerprint density at radius 3 is 2.15 bits per heavy atom. The van der Waals surface area contributed by atoms with Gasteiger partial charge in [-0.25, -0.2) is 4.79 Å². The van der Waals surface area contributed by atoms with Crippen LogP contribution >= 0.6 is 0 Å². The van der Waals surface area contributed by atoms with Gasteiger partial charge in [-0.15, -0.1) is 0 Å². The standard InChI is InChI=1S/C26H39N3O4/c1-11-29(24(31)21(14-16(2)3)28-25(32)33-26(8,9)10)22(23(30)27-17(4)5)20-13-12-18(6)15-19(20)7/h1,12-13,15-17,21-22H,14H2,2-10H3,(H,27,30)(H,28,32). The third kappa shape index (κ3) is 8.80. The second-order valence-corrected chi connectivity index (χ2v) is 10.1. The van der Waals surface area contributed by atoms with E-state index in [-0.39, 0.29) is 17.9 Å². The smallest absolute Gasteiger partial charge is 0.408 e. The molecule has 0 aliphatic heterocycles. The van der Waals surface area contributed by atoms with Gasteiger partial charge < -0.3 is 15.4 Å². The molecule has 0 fully saturated rings. The number of carbonyl (C=O) groups is 3. The van der Waals surface area contributed by atoms with Crippen LogP contribution in [0.2, 0.25) is 0 Å². The van der Waals surface area contributed by atoms with E-state index in [0.717, 1.165) is 16.0 Å². The zero-order valence-corrected chi connectivity index (χ0v) is 21.4. The summed E-state index contributed by atoms with van der Waals surface area (Å²) in [4.78, 5) is 40.4. The van der Waals surface area contributed by atoms with Crippen LogP contribution in [0.1, 0.15) is 77.6 Å². The van der Waals surface area contributed by atoms with Crippen molar-refractivity contribution in [3.63, 3.8) is 0 Å². The summed E-state index contributed by atoms with van der Waals surface area (Å²) in [5, 5.41) is 5.51. The van der Waals surface area contributed by atoms with Crippen molar-refractivity contribution in [1.29, 1.82) is 0 Å². The third-order valence-corrected chi connectivity index (χ3v) is 4.73. The van der Waals surface area contributed by atoms with Gasteiger partial charge in [0.25, 0.3) is 5.91 Å². The summed E-state index contributed by atoms with van der Waals surface area (Å²) in [5.74, 6) is -0.845. The lowest BCUT2D eigenvalue weighted by Gasteiger charge is -2.32. The molecule has 7 nitrogen and oxygen atoms in total. The molecule has 0 bridgehead atoms. The molecule has 3 amide bonds. The molecule has 0 heterocycles. The van der Waals surface area contributed by atoms with E-state index >= 15 is 0 Å². The number of carbonyl (C=O) groups excluding carboxylic acids is 3. The molecule has 0 aliphatic carbocycles. The van der Waals surface area contributed by atoms with Crippen LogP contribution in [0.4, 0.5) is 4.79 Å². The largest absolute Gasteiger partial charge is 0.444 e. The summed E-state index contributed by atoms with van der Waals surface area (Å²) in [5.41, 5.74) is 1.78. The highest BCUT2D eigenvalue weighted by Gasteiger charge is 2.37. The highest BCUT2D eigenvalue weighted by Crippen LogP contribution is 2.27. The predicted molar refractivity (Wildman–Crippen MR) is 130 cm³/mol. The second kappa shape index (κ2) is 11.7. The van der Waals surface area contributed by atoms with Crippen LogP contribution in [0.3, 0.4) is 0 Å². The van der Waals surface area contributed by atoms with Crippen molar-refractivity contribution in [1.82, 2.24) is 15.5 Å². The number of rotatable bonds is 8. The summed E-state index contributed by atoms with van der Waals surface area (Å²) in [6.45, 7) is 16.6. The number of ether oxygens (including phenoxy) is 1. The molecule has 33 heavy (non-hydrogen) atoms. The van der Waals surface area contributed by atoms with Gasteiger partial charge in [-0.1, -0.05) is 44.0 Å². The number of nitrogens with zero attached hydrogens (tertiary/aromatic N) is 1. The van der Waals surface area contributed by atoms with Crippen molar-refractivity contribution in [3.8, 4) is 12.5 Å². The molecule has 0 saturated carbocycles. The highest BCUT2D eigenvalue weighted by atomic mass is 16.6. The molecule has 7 heteroatoms. The molecule has 0 spiro atoms. The predicted octanol–water partition coefficient (Wildman–Crippen LogP) is 4.23. The Morgan fingerprint density at radius 1 is 1.09 bits per heavy atom. The fourth-order valence-corrected chi connectivity index (χ4v) is 3.47. The second-order valence-electron chi connectivity index (χ2n) is 10.1. The number of hydrogen-bond acceptors (Lipinski definition) is 4. The average Bonchev–Trinajstić information content (AvgIpc) is 2.63. The van der Waals surface area contributed by atoms with Crippen LogP contribution in [0, 0.1) is 32.2 Å². The topological polar surface area (TPSA) is 87.7 Å². The first-order valence-electron chi connectivity index (χ1n) is 11.3. The Labute approximate surface area is 198 Å². The summed E-state index contributed by atoms with van der Waals surface area (Å²) >= 11 is 0. The minimum absolute atomic E-state index is 0.0811. The Bertz CT molecular complexity index is 894. The van der Waals surface area contributed by atoms with Gasteiger partial charge >= 0.3 is 6.09 Å². The summed E-state index contributed by atoms with van der Waals surface area (Å²) in [6.07, 6.45) is 5.41. The number of nitrogens with one attached hydrogen (secondary N) is 2. The number of amides is 3. The van der Waals surface area contributed by atoms with Crippen molar-refractivity contribution >= 4 is 17.9 Å². The van der Waals surface area contributed by atoms with E-state index < -0.39 is 29.7 Å². The Kier molecular flexibility index (Phi) is 9.97. The van der Waals surface area contributed by atoms with Gasteiger partial charge in [-0.3, -0.25) is 14.5 Å². The van der Waals surface area contributed by atoms with Crippen LogP contribution in [0.5, 0.6) is 0 Å². The van der Waals surface area contributed by atoms with E-state index in [1.807, 2.05) is 59.7 Å². The lowest BCUT2D eigenvalue weighted by atomic mass is 9.95. The Hall–Kier alpha value is -3.01. The molecule has 0 radical (unpaired) electrons. The maximum atomic E-state index is 13.6. The van der Waals surface area contributed by atoms with Gasteiger partial charge in [0.05, 0.1) is 0 Å². The number of aryl methyl sites for hydroxylation is 2. The highest BCUT2D eigenvalue weighted by molar-refractivity contribution is 5.93. The zero-order chi connectivity index (χ0) is 25.5. The fourth-order valence-electron chi connectivity index (χ4n) is 3.47. The van der Waals surface area contributed by atoms with Crippen molar-refractivity contribution in [2.45, 2.75) is 92.5 Å². The van der Waals surface area contributed by atoms with E-state index in [1.165, 1.54) is 0 Å². The first-order valence-corrected chi connectivity index (χ1v) is 11.3. The minimum Gasteiger partial charge on any atom is -0.444 e. The number of alkyl carbamates (subject to hydrolysis) is 1. The zero-order valence-electron chi connectivity index (χ0n) is 21.4. The molecule has 1 aromatic rings. The lowest BCUT2D eigenvalue weighted by Crippen LogP contribution is -2.52. The molecule has 182 valence electrons. The van der Waals surface area contributed by atoms with E-state index in [4.69, 9.17) is 11.2 Å². The fraction of sp³-hybridized carbons (Fsp3) is 0.577. The molecule has 0 aromatic heterocycles. The maximum Gasteiger partial charge on any atom is 0.408 e. The minimum atomic E-state index is -1.04. The summed E-state index contributed by atoms with van der Waals surface area (Å²) in [7, 11) is 0. The maximum absolute atomic E-state index is 13.6. The van der Waals surface area contributed by atoms with Gasteiger partial charge in [0.15, 0.2) is 0 Å². The van der Waals surface area contributed by atoms with Crippen molar-refractivity contribution < 1.29 is 19.1 Å².